The quantitative estimate of drug-likeness (QED) is 0.0501. The van der Waals surface area contributed by atoms with Crippen molar-refractivity contribution in [1.29, 1.82) is 0 Å². The molecule has 272 valence electrons. The Hall–Kier alpha value is -0.790. The molecule has 0 spiro atoms. The van der Waals surface area contributed by atoms with E-state index < -0.39 is 0 Å². The number of aromatic nitrogens is 2. The topological polar surface area (TPSA) is 8.81 Å². The molecule has 0 radical (unpaired) electrons. The van der Waals surface area contributed by atoms with Crippen molar-refractivity contribution < 1.29 is 4.57 Å². The minimum Gasteiger partial charge on any atom is -0.234 e. The normalized spacial score (nSPS) is 11.6. The van der Waals surface area contributed by atoms with Gasteiger partial charge in [0, 0.05) is 6.42 Å². The van der Waals surface area contributed by atoms with Gasteiger partial charge < -0.3 is 0 Å². The van der Waals surface area contributed by atoms with Crippen LogP contribution < -0.4 is 4.57 Å². The third-order valence-corrected chi connectivity index (χ3v) is 10.6. The van der Waals surface area contributed by atoms with Gasteiger partial charge in [0.1, 0.15) is 12.4 Å². The molecule has 0 aliphatic carbocycles. The Morgan fingerprint density at radius 2 is 0.674 bits per heavy atom. The molecule has 0 N–H and O–H groups in total. The van der Waals surface area contributed by atoms with E-state index in [1.165, 1.54) is 244 Å². The number of imidazole rings is 1. The molecule has 1 rings (SSSR count). The zero-order chi connectivity index (χ0) is 33.0. The van der Waals surface area contributed by atoms with E-state index in [1.807, 2.05) is 0 Å². The molecule has 0 saturated carbocycles. The Labute approximate surface area is 291 Å². The van der Waals surface area contributed by atoms with Crippen LogP contribution in [0.2, 0.25) is 0 Å². The van der Waals surface area contributed by atoms with Crippen molar-refractivity contribution in [3.8, 4) is 0 Å². The van der Waals surface area contributed by atoms with Crippen LogP contribution in [0, 0.1) is 0 Å². The predicted octanol–water partition coefficient (Wildman–Crippen LogP) is 15.0. The molecule has 2 nitrogen and oxygen atoms in total. The molecule has 0 fully saturated rings. The molecule has 0 atom stereocenters. The molecule has 0 saturated heterocycles. The maximum atomic E-state index is 2.64. The molecular weight excluding hydrogens is 556 g/mol. The zero-order valence-electron chi connectivity index (χ0n) is 32.4. The average molecular weight is 644 g/mol. The second-order valence-electron chi connectivity index (χ2n) is 15.2. The van der Waals surface area contributed by atoms with Gasteiger partial charge in [0.05, 0.1) is 13.1 Å². The summed E-state index contributed by atoms with van der Waals surface area (Å²) in [5.74, 6) is 1.63. The highest BCUT2D eigenvalue weighted by Gasteiger charge is 2.16. The minimum absolute atomic E-state index is 1.23. The van der Waals surface area contributed by atoms with Crippen LogP contribution >= 0.6 is 0 Å². The van der Waals surface area contributed by atoms with Gasteiger partial charge in [-0.1, -0.05) is 213 Å². The van der Waals surface area contributed by atoms with Gasteiger partial charge in [-0.3, -0.25) is 0 Å². The number of rotatable bonds is 38. The van der Waals surface area contributed by atoms with E-state index in [0.29, 0.717) is 0 Å². The zero-order valence-corrected chi connectivity index (χ0v) is 32.4. The van der Waals surface area contributed by atoms with Crippen molar-refractivity contribution in [1.82, 2.24) is 4.57 Å². The summed E-state index contributed by atoms with van der Waals surface area (Å²) in [4.78, 5) is 0. The molecule has 2 heteroatoms. The molecule has 1 heterocycles. The van der Waals surface area contributed by atoms with Crippen LogP contribution in [0.15, 0.2) is 12.4 Å². The Morgan fingerprint density at radius 1 is 0.370 bits per heavy atom. The van der Waals surface area contributed by atoms with Gasteiger partial charge in [-0.2, -0.15) is 0 Å². The first-order valence-electron chi connectivity index (χ1n) is 21.9. The van der Waals surface area contributed by atoms with Gasteiger partial charge in [0.25, 0.3) is 5.82 Å². The van der Waals surface area contributed by atoms with E-state index in [-0.39, 0.29) is 0 Å². The second-order valence-corrected chi connectivity index (χ2v) is 15.2. The average Bonchev–Trinajstić information content (AvgIpc) is 3.45. The third-order valence-electron chi connectivity index (χ3n) is 10.6. The monoisotopic (exact) mass is 644 g/mol. The lowest BCUT2D eigenvalue weighted by molar-refractivity contribution is -0.704. The standard InChI is InChI=1S/C44H87N2/c1-4-7-10-13-16-19-22-23-24-25-26-27-30-33-36-39-44-45(40-37-34-31-28-20-17-14-11-8-5-2)42-43-46(44)41-38-35-32-29-21-18-15-12-9-6-3/h42-43H,4-41H2,1-3H3/q+1. The molecule has 46 heavy (non-hydrogen) atoms. The number of hydrogen-bond donors (Lipinski definition) is 0. The summed E-state index contributed by atoms with van der Waals surface area (Å²) < 4.78 is 5.29. The lowest BCUT2D eigenvalue weighted by Crippen LogP contribution is -2.37. The maximum absolute atomic E-state index is 2.64. The summed E-state index contributed by atoms with van der Waals surface area (Å²) in [6.45, 7) is 9.41. The number of hydrogen-bond acceptors (Lipinski definition) is 0. The van der Waals surface area contributed by atoms with Crippen LogP contribution in [0.4, 0.5) is 0 Å². The first-order chi connectivity index (χ1) is 22.8. The lowest BCUT2D eigenvalue weighted by Gasteiger charge is -2.07. The Kier molecular flexibility index (Phi) is 33.4. The van der Waals surface area contributed by atoms with Gasteiger partial charge in [-0.25, -0.2) is 9.13 Å². The predicted molar refractivity (Wildman–Crippen MR) is 207 cm³/mol. The lowest BCUT2D eigenvalue weighted by atomic mass is 10.0. The molecule has 1 aromatic heterocycles. The fourth-order valence-electron chi connectivity index (χ4n) is 7.39. The number of aryl methyl sites for hydroxylation is 2. The summed E-state index contributed by atoms with van der Waals surface area (Å²) in [7, 11) is 0. The highest BCUT2D eigenvalue weighted by molar-refractivity contribution is 4.84. The molecule has 0 bridgehead atoms. The van der Waals surface area contributed by atoms with Gasteiger partial charge in [0.2, 0.25) is 0 Å². The van der Waals surface area contributed by atoms with Crippen LogP contribution in [0.5, 0.6) is 0 Å². The van der Waals surface area contributed by atoms with Crippen molar-refractivity contribution in [2.45, 2.75) is 265 Å². The van der Waals surface area contributed by atoms with Crippen molar-refractivity contribution in [2.24, 2.45) is 0 Å². The molecule has 0 unspecified atom stereocenters. The van der Waals surface area contributed by atoms with E-state index >= 15 is 0 Å². The molecule has 1 aromatic rings. The summed E-state index contributed by atoms with van der Waals surface area (Å²) in [5, 5.41) is 0. The first-order valence-corrected chi connectivity index (χ1v) is 21.9. The highest BCUT2D eigenvalue weighted by atomic mass is 15.1. The van der Waals surface area contributed by atoms with Gasteiger partial charge in [-0.15, -0.1) is 0 Å². The fourth-order valence-corrected chi connectivity index (χ4v) is 7.39. The molecule has 0 aliphatic heterocycles. The maximum Gasteiger partial charge on any atom is 0.256 e. The molecule has 0 amide bonds. The summed E-state index contributed by atoms with van der Waals surface area (Å²) in [6, 6.07) is 0. The minimum atomic E-state index is 1.23. The van der Waals surface area contributed by atoms with Gasteiger partial charge >= 0.3 is 0 Å². The summed E-state index contributed by atoms with van der Waals surface area (Å²) in [5.41, 5.74) is 0. The van der Waals surface area contributed by atoms with E-state index in [9.17, 15) is 0 Å². The van der Waals surface area contributed by atoms with Gasteiger partial charge in [0.15, 0.2) is 0 Å². The van der Waals surface area contributed by atoms with Crippen molar-refractivity contribution in [2.75, 3.05) is 0 Å². The van der Waals surface area contributed by atoms with E-state index in [4.69, 9.17) is 0 Å². The Morgan fingerprint density at radius 3 is 1.04 bits per heavy atom. The number of nitrogens with zero attached hydrogens (tertiary/aromatic N) is 2. The van der Waals surface area contributed by atoms with Crippen molar-refractivity contribution in [3.63, 3.8) is 0 Å². The molecular formula is C44H87N2+. The van der Waals surface area contributed by atoms with Crippen LogP contribution in [0.1, 0.15) is 251 Å². The van der Waals surface area contributed by atoms with Gasteiger partial charge in [-0.05, 0) is 32.1 Å². The van der Waals surface area contributed by atoms with E-state index in [1.54, 1.807) is 5.82 Å². The van der Waals surface area contributed by atoms with Crippen LogP contribution in [0.25, 0.3) is 0 Å². The summed E-state index contributed by atoms with van der Waals surface area (Å²) >= 11 is 0. The van der Waals surface area contributed by atoms with Crippen molar-refractivity contribution >= 4 is 0 Å². The number of unbranched alkanes of at least 4 members (excludes halogenated alkanes) is 32. The Bertz CT molecular complexity index is 665. The van der Waals surface area contributed by atoms with Crippen LogP contribution in [-0.2, 0) is 19.5 Å². The largest absolute Gasteiger partial charge is 0.256 e. The first kappa shape index (κ1) is 43.2. The Balaban J connectivity index is 2.27. The van der Waals surface area contributed by atoms with E-state index in [2.05, 4.69) is 42.3 Å². The van der Waals surface area contributed by atoms with Crippen LogP contribution in [0.3, 0.4) is 0 Å². The highest BCUT2D eigenvalue weighted by Crippen LogP contribution is 2.16. The van der Waals surface area contributed by atoms with E-state index in [0.717, 1.165) is 0 Å². The SMILES string of the molecule is CCCCCCCCCCCCCCCCCc1n(CCCCCCCCCCCC)cc[n+]1CCCCCCCCCCCC. The van der Waals surface area contributed by atoms with Crippen molar-refractivity contribution in [3.05, 3.63) is 18.2 Å². The smallest absolute Gasteiger partial charge is 0.234 e. The van der Waals surface area contributed by atoms with Crippen LogP contribution in [-0.4, -0.2) is 4.57 Å². The third kappa shape index (κ3) is 27.2. The molecule has 0 aromatic carbocycles. The summed E-state index contributed by atoms with van der Waals surface area (Å²) in [6.07, 6.45) is 56.3. The second kappa shape index (κ2) is 35.5. The molecule has 0 aliphatic rings. The fraction of sp³-hybridized carbons (Fsp3) is 0.932.